The topological polar surface area (TPSA) is 47.5 Å². The molecule has 0 saturated carbocycles. The molecule has 1 aliphatic carbocycles. The van der Waals surface area contributed by atoms with Gasteiger partial charge in [-0.2, -0.15) is 0 Å². The molecule has 5 heteroatoms. The van der Waals surface area contributed by atoms with Crippen LogP contribution < -0.4 is 4.74 Å². The van der Waals surface area contributed by atoms with E-state index in [1.165, 1.54) is 24.1 Å². The maximum absolute atomic E-state index is 5.87. The van der Waals surface area contributed by atoms with Crippen molar-refractivity contribution in [2.75, 3.05) is 39.5 Å². The molecule has 2 aromatic rings. The summed E-state index contributed by atoms with van der Waals surface area (Å²) in [7, 11) is 0. The highest BCUT2D eigenvalue weighted by molar-refractivity contribution is 5.56. The third-order valence-electron chi connectivity index (χ3n) is 4.96. The van der Waals surface area contributed by atoms with Crippen LogP contribution in [0.25, 0.3) is 11.4 Å². The van der Waals surface area contributed by atoms with Gasteiger partial charge in [0.05, 0.1) is 13.2 Å². The molecule has 0 N–H and O–H groups in total. The largest absolute Gasteiger partial charge is 0.492 e. The van der Waals surface area contributed by atoms with Crippen molar-refractivity contribution < 1.29 is 9.47 Å². The zero-order valence-electron chi connectivity index (χ0n) is 14.6. The minimum absolute atomic E-state index is 0.703. The molecule has 1 aromatic heterocycles. The summed E-state index contributed by atoms with van der Waals surface area (Å²) < 4.78 is 11.2. The van der Waals surface area contributed by atoms with Crippen LogP contribution in [0, 0.1) is 0 Å². The zero-order chi connectivity index (χ0) is 16.9. The van der Waals surface area contributed by atoms with Gasteiger partial charge in [-0.1, -0.05) is 0 Å². The van der Waals surface area contributed by atoms with Crippen molar-refractivity contribution in [3.8, 4) is 17.1 Å². The average molecular weight is 339 g/mol. The third kappa shape index (κ3) is 4.17. The Morgan fingerprint density at radius 3 is 2.68 bits per heavy atom. The van der Waals surface area contributed by atoms with E-state index in [1.54, 1.807) is 0 Å². The van der Waals surface area contributed by atoms with Gasteiger partial charge < -0.3 is 9.47 Å². The van der Waals surface area contributed by atoms with E-state index in [2.05, 4.69) is 22.0 Å². The summed E-state index contributed by atoms with van der Waals surface area (Å²) in [5.74, 6) is 1.72. The molecule has 0 radical (unpaired) electrons. The van der Waals surface area contributed by atoms with Gasteiger partial charge in [-0.25, -0.2) is 9.97 Å². The molecule has 1 aromatic carbocycles. The molecule has 5 nitrogen and oxygen atoms in total. The van der Waals surface area contributed by atoms with Crippen molar-refractivity contribution in [1.82, 2.24) is 14.9 Å². The van der Waals surface area contributed by atoms with Crippen molar-refractivity contribution in [3.05, 3.63) is 41.7 Å². The van der Waals surface area contributed by atoms with Crippen LogP contribution in [-0.4, -0.2) is 54.3 Å². The lowest BCUT2D eigenvalue weighted by molar-refractivity contribution is 0.0322. The molecule has 0 bridgehead atoms. The number of hydrogen-bond donors (Lipinski definition) is 0. The first kappa shape index (κ1) is 16.5. The second kappa shape index (κ2) is 7.93. The second-order valence-electron chi connectivity index (χ2n) is 6.70. The minimum Gasteiger partial charge on any atom is -0.492 e. The van der Waals surface area contributed by atoms with Gasteiger partial charge in [0.2, 0.25) is 0 Å². The third-order valence-corrected chi connectivity index (χ3v) is 4.96. The number of morpholine rings is 1. The number of nitrogens with zero attached hydrogens (tertiary/aromatic N) is 3. The van der Waals surface area contributed by atoms with Gasteiger partial charge in [0.25, 0.3) is 0 Å². The van der Waals surface area contributed by atoms with E-state index < -0.39 is 0 Å². The fraction of sp³-hybridized carbons (Fsp3) is 0.500. The van der Waals surface area contributed by atoms with Crippen molar-refractivity contribution in [3.63, 3.8) is 0 Å². The summed E-state index contributed by atoms with van der Waals surface area (Å²) >= 11 is 0. The Hall–Kier alpha value is -1.98. The highest BCUT2D eigenvalue weighted by Crippen LogP contribution is 2.23. The van der Waals surface area contributed by atoms with Crippen LogP contribution in [0.3, 0.4) is 0 Å². The summed E-state index contributed by atoms with van der Waals surface area (Å²) in [6.45, 7) is 5.30. The molecule has 2 aliphatic rings. The molecule has 0 amide bonds. The lowest BCUT2D eigenvalue weighted by Gasteiger charge is -2.26. The Kier molecular flexibility index (Phi) is 5.23. The molecule has 4 rings (SSSR count). The van der Waals surface area contributed by atoms with Gasteiger partial charge in [-0.05, 0) is 55.5 Å². The van der Waals surface area contributed by atoms with E-state index in [4.69, 9.17) is 14.5 Å². The van der Waals surface area contributed by atoms with Crippen molar-refractivity contribution in [1.29, 1.82) is 0 Å². The number of ether oxygens (including phenoxy) is 2. The van der Waals surface area contributed by atoms with E-state index >= 15 is 0 Å². The molecule has 132 valence electrons. The molecular weight excluding hydrogens is 314 g/mol. The standard InChI is InChI=1S/C20H25N3O2/c1-2-4-19-17(3-1)15-21-20(22-19)16-5-7-18(8-6-16)25-14-11-23-9-12-24-13-10-23/h5-8,15H,1-4,9-14H2. The summed E-state index contributed by atoms with van der Waals surface area (Å²) in [6, 6.07) is 8.12. The van der Waals surface area contributed by atoms with Gasteiger partial charge in [0.15, 0.2) is 5.82 Å². The predicted molar refractivity (Wildman–Crippen MR) is 96.9 cm³/mol. The Morgan fingerprint density at radius 2 is 1.84 bits per heavy atom. The fourth-order valence-corrected chi connectivity index (χ4v) is 3.43. The maximum atomic E-state index is 5.87. The highest BCUT2D eigenvalue weighted by Gasteiger charge is 2.13. The maximum Gasteiger partial charge on any atom is 0.159 e. The number of hydrogen-bond acceptors (Lipinski definition) is 5. The Morgan fingerprint density at radius 1 is 1.04 bits per heavy atom. The fourth-order valence-electron chi connectivity index (χ4n) is 3.43. The quantitative estimate of drug-likeness (QED) is 0.838. The SMILES string of the molecule is c1cc(-c2ncc3c(n2)CCCC3)ccc1OCCN1CCOCC1. The van der Waals surface area contributed by atoms with E-state index in [0.717, 1.165) is 62.8 Å². The second-order valence-corrected chi connectivity index (χ2v) is 6.70. The smallest absolute Gasteiger partial charge is 0.159 e. The number of aromatic nitrogens is 2. The Balaban J connectivity index is 1.35. The molecule has 0 spiro atoms. The Labute approximate surface area is 149 Å². The van der Waals surface area contributed by atoms with Crippen molar-refractivity contribution in [2.45, 2.75) is 25.7 Å². The van der Waals surface area contributed by atoms with Crippen LogP contribution in [0.5, 0.6) is 5.75 Å². The monoisotopic (exact) mass is 339 g/mol. The average Bonchev–Trinajstić information content (AvgIpc) is 2.69. The zero-order valence-corrected chi connectivity index (χ0v) is 14.6. The van der Waals surface area contributed by atoms with Crippen molar-refractivity contribution >= 4 is 0 Å². The first-order chi connectivity index (χ1) is 12.4. The van der Waals surface area contributed by atoms with Gasteiger partial charge in [0.1, 0.15) is 12.4 Å². The van der Waals surface area contributed by atoms with Crippen LogP contribution in [0.1, 0.15) is 24.1 Å². The first-order valence-corrected chi connectivity index (χ1v) is 9.27. The summed E-state index contributed by atoms with van der Waals surface area (Å²) in [4.78, 5) is 11.7. The molecule has 0 unspecified atom stereocenters. The molecule has 1 saturated heterocycles. The lowest BCUT2D eigenvalue weighted by atomic mass is 9.97. The summed E-state index contributed by atoms with van der Waals surface area (Å²) in [6.07, 6.45) is 6.69. The number of benzene rings is 1. The van der Waals surface area contributed by atoms with Gasteiger partial charge in [-0.3, -0.25) is 4.90 Å². The van der Waals surface area contributed by atoms with Gasteiger partial charge >= 0.3 is 0 Å². The number of rotatable bonds is 5. The van der Waals surface area contributed by atoms with Crippen LogP contribution in [0.15, 0.2) is 30.5 Å². The Bertz CT molecular complexity index is 697. The van der Waals surface area contributed by atoms with E-state index in [-0.39, 0.29) is 0 Å². The number of fused-ring (bicyclic) bond motifs is 1. The molecule has 1 aliphatic heterocycles. The van der Waals surface area contributed by atoms with Gasteiger partial charge in [-0.15, -0.1) is 0 Å². The summed E-state index contributed by atoms with van der Waals surface area (Å²) in [5, 5.41) is 0. The van der Waals surface area contributed by atoms with Crippen molar-refractivity contribution in [2.24, 2.45) is 0 Å². The van der Waals surface area contributed by atoms with E-state index in [0.29, 0.717) is 6.61 Å². The molecule has 1 fully saturated rings. The number of aryl methyl sites for hydroxylation is 2. The van der Waals surface area contributed by atoms with Gasteiger partial charge in [0, 0.05) is 37.1 Å². The van der Waals surface area contributed by atoms with Crippen LogP contribution in [0.4, 0.5) is 0 Å². The lowest BCUT2D eigenvalue weighted by Crippen LogP contribution is -2.38. The van der Waals surface area contributed by atoms with Crippen LogP contribution in [-0.2, 0) is 17.6 Å². The minimum atomic E-state index is 0.703. The van der Waals surface area contributed by atoms with Crippen LogP contribution in [0.2, 0.25) is 0 Å². The predicted octanol–water partition coefficient (Wildman–Crippen LogP) is 2.73. The molecule has 2 heterocycles. The molecule has 0 atom stereocenters. The normalized spacial score (nSPS) is 17.9. The van der Waals surface area contributed by atoms with E-state index in [9.17, 15) is 0 Å². The first-order valence-electron chi connectivity index (χ1n) is 9.27. The molecular formula is C20H25N3O2. The molecule has 25 heavy (non-hydrogen) atoms. The van der Waals surface area contributed by atoms with Crippen LogP contribution >= 0.6 is 0 Å². The summed E-state index contributed by atoms with van der Waals surface area (Å²) in [5.41, 5.74) is 3.59. The highest BCUT2D eigenvalue weighted by atomic mass is 16.5. The van der Waals surface area contributed by atoms with E-state index in [1.807, 2.05) is 18.3 Å².